The first-order valence-corrected chi connectivity index (χ1v) is 4.14. The molecule has 0 aliphatic heterocycles. The Hall–Kier alpha value is -1.30. The Bertz CT molecular complexity index is 208. The summed E-state index contributed by atoms with van der Waals surface area (Å²) in [5, 5.41) is 8.34. The summed E-state index contributed by atoms with van der Waals surface area (Å²) >= 11 is 0. The summed E-state index contributed by atoms with van der Waals surface area (Å²) in [5.74, 6) is -0.724. The van der Waals surface area contributed by atoms with E-state index in [1.807, 2.05) is 0 Å². The highest BCUT2D eigenvalue weighted by Gasteiger charge is 2.17. The molecule has 0 aromatic heterocycles. The Kier molecular flexibility index (Phi) is 4.93. The lowest BCUT2D eigenvalue weighted by atomic mass is 10.2. The summed E-state index contributed by atoms with van der Waals surface area (Å²) in [6.07, 6.45) is -1.01. The van der Waals surface area contributed by atoms with Crippen molar-refractivity contribution in [2.24, 2.45) is 0 Å². The molecule has 0 aliphatic carbocycles. The SMILES string of the molecule is CC(C)(C)OC(=O)NOC(=O)CCO. The van der Waals surface area contributed by atoms with Crippen molar-refractivity contribution in [1.29, 1.82) is 0 Å². The van der Waals surface area contributed by atoms with Crippen LogP contribution in [0.15, 0.2) is 0 Å². The molecule has 0 bridgehead atoms. The highest BCUT2D eigenvalue weighted by atomic mass is 16.7. The molecular weight excluding hydrogens is 190 g/mol. The summed E-state index contributed by atoms with van der Waals surface area (Å²) in [7, 11) is 0. The maximum atomic E-state index is 10.9. The summed E-state index contributed by atoms with van der Waals surface area (Å²) in [6, 6.07) is 0. The lowest BCUT2D eigenvalue weighted by Gasteiger charge is -2.19. The van der Waals surface area contributed by atoms with Crippen LogP contribution in [0, 0.1) is 0 Å². The van der Waals surface area contributed by atoms with Gasteiger partial charge in [0.25, 0.3) is 0 Å². The van der Waals surface area contributed by atoms with Crippen molar-refractivity contribution in [3.63, 3.8) is 0 Å². The van der Waals surface area contributed by atoms with Crippen LogP contribution in [0.3, 0.4) is 0 Å². The van der Waals surface area contributed by atoms with Crippen LogP contribution in [0.2, 0.25) is 0 Å². The van der Waals surface area contributed by atoms with Gasteiger partial charge in [-0.3, -0.25) is 0 Å². The normalized spacial score (nSPS) is 10.6. The van der Waals surface area contributed by atoms with Gasteiger partial charge in [-0.15, -0.1) is 5.48 Å². The lowest BCUT2D eigenvalue weighted by Crippen LogP contribution is -2.34. The van der Waals surface area contributed by atoms with Crippen molar-refractivity contribution >= 4 is 12.1 Å². The third-order valence-electron chi connectivity index (χ3n) is 0.963. The first kappa shape index (κ1) is 12.7. The molecule has 82 valence electrons. The van der Waals surface area contributed by atoms with Crippen molar-refractivity contribution in [3.8, 4) is 0 Å². The molecule has 6 nitrogen and oxygen atoms in total. The fourth-order valence-electron chi connectivity index (χ4n) is 0.540. The second kappa shape index (κ2) is 5.43. The molecule has 0 saturated heterocycles. The molecule has 0 saturated carbocycles. The predicted octanol–water partition coefficient (Wildman–Crippen LogP) is 0.352. The minimum atomic E-state index is -0.844. The van der Waals surface area contributed by atoms with E-state index in [4.69, 9.17) is 9.84 Å². The molecule has 0 heterocycles. The maximum Gasteiger partial charge on any atom is 0.441 e. The van der Waals surface area contributed by atoms with Gasteiger partial charge in [-0.2, -0.15) is 0 Å². The van der Waals surface area contributed by atoms with Crippen molar-refractivity contribution in [2.75, 3.05) is 6.61 Å². The van der Waals surface area contributed by atoms with E-state index in [0.29, 0.717) is 0 Å². The molecule has 0 radical (unpaired) electrons. The Morgan fingerprint density at radius 2 is 1.93 bits per heavy atom. The van der Waals surface area contributed by atoms with Crippen molar-refractivity contribution < 1.29 is 24.3 Å². The molecule has 0 aliphatic rings. The molecule has 6 heteroatoms. The zero-order chi connectivity index (χ0) is 11.2. The van der Waals surface area contributed by atoms with E-state index in [0.717, 1.165) is 0 Å². The predicted molar refractivity (Wildman–Crippen MR) is 47.2 cm³/mol. The van der Waals surface area contributed by atoms with Gasteiger partial charge in [0.15, 0.2) is 0 Å². The smallest absolute Gasteiger partial charge is 0.441 e. The quantitative estimate of drug-likeness (QED) is 0.635. The number of nitrogens with one attached hydrogen (secondary N) is 1. The monoisotopic (exact) mass is 205 g/mol. The number of ether oxygens (including phenoxy) is 1. The molecule has 0 fully saturated rings. The average molecular weight is 205 g/mol. The molecule has 1 amide bonds. The van der Waals surface area contributed by atoms with Gasteiger partial charge in [-0.1, -0.05) is 0 Å². The lowest BCUT2D eigenvalue weighted by molar-refractivity contribution is -0.151. The van der Waals surface area contributed by atoms with Gasteiger partial charge in [0.05, 0.1) is 13.0 Å². The van der Waals surface area contributed by atoms with E-state index >= 15 is 0 Å². The summed E-state index contributed by atoms with van der Waals surface area (Å²) in [5.41, 5.74) is 1.16. The molecule has 14 heavy (non-hydrogen) atoms. The van der Waals surface area contributed by atoms with Gasteiger partial charge in [0.1, 0.15) is 5.60 Å². The van der Waals surface area contributed by atoms with Crippen LogP contribution in [0.25, 0.3) is 0 Å². The average Bonchev–Trinajstić information content (AvgIpc) is 1.98. The number of carbonyl (C=O) groups excluding carboxylic acids is 2. The van der Waals surface area contributed by atoms with Gasteiger partial charge in [0.2, 0.25) is 0 Å². The number of aliphatic hydroxyl groups is 1. The Labute approximate surface area is 82.1 Å². The van der Waals surface area contributed by atoms with Crippen LogP contribution in [0.1, 0.15) is 27.2 Å². The number of amides is 1. The largest absolute Gasteiger partial charge is 0.442 e. The number of hydrogen-bond donors (Lipinski definition) is 2. The minimum Gasteiger partial charge on any atom is -0.442 e. The van der Waals surface area contributed by atoms with Gasteiger partial charge in [-0.05, 0) is 20.8 Å². The number of hydroxylamine groups is 1. The van der Waals surface area contributed by atoms with Crippen LogP contribution >= 0.6 is 0 Å². The third kappa shape index (κ3) is 7.35. The number of hydrogen-bond acceptors (Lipinski definition) is 5. The highest BCUT2D eigenvalue weighted by molar-refractivity contribution is 5.73. The van der Waals surface area contributed by atoms with Gasteiger partial charge < -0.3 is 14.7 Å². The zero-order valence-corrected chi connectivity index (χ0v) is 8.49. The highest BCUT2D eigenvalue weighted by Crippen LogP contribution is 2.06. The fraction of sp³-hybridized carbons (Fsp3) is 0.750. The third-order valence-corrected chi connectivity index (χ3v) is 0.963. The summed E-state index contributed by atoms with van der Waals surface area (Å²) < 4.78 is 4.78. The van der Waals surface area contributed by atoms with Crippen LogP contribution in [0.4, 0.5) is 4.79 Å². The molecule has 2 N–H and O–H groups in total. The summed E-state index contributed by atoms with van der Waals surface area (Å²) in [6.45, 7) is 4.72. The Balaban J connectivity index is 3.70. The second-order valence-electron chi connectivity index (χ2n) is 3.55. The molecule has 0 unspecified atom stereocenters. The van der Waals surface area contributed by atoms with Crippen molar-refractivity contribution in [2.45, 2.75) is 32.8 Å². The van der Waals surface area contributed by atoms with Gasteiger partial charge in [-0.25, -0.2) is 9.59 Å². The van der Waals surface area contributed by atoms with E-state index < -0.39 is 17.7 Å². The van der Waals surface area contributed by atoms with E-state index in [1.165, 1.54) is 0 Å². The molecule has 0 spiro atoms. The van der Waals surface area contributed by atoms with Crippen LogP contribution in [-0.4, -0.2) is 29.4 Å². The van der Waals surface area contributed by atoms with E-state index in [-0.39, 0.29) is 13.0 Å². The maximum absolute atomic E-state index is 10.9. The standard InChI is InChI=1S/C8H15NO5/c1-8(2,3)13-7(12)9-14-6(11)4-5-10/h10H,4-5H2,1-3H3,(H,9,12). The van der Waals surface area contributed by atoms with Crippen molar-refractivity contribution in [3.05, 3.63) is 0 Å². The van der Waals surface area contributed by atoms with Crippen molar-refractivity contribution in [1.82, 2.24) is 5.48 Å². The number of carbonyl (C=O) groups is 2. The van der Waals surface area contributed by atoms with Gasteiger partial charge in [0, 0.05) is 0 Å². The van der Waals surface area contributed by atoms with Crippen LogP contribution in [-0.2, 0) is 14.4 Å². The van der Waals surface area contributed by atoms with E-state index in [2.05, 4.69) is 4.84 Å². The molecule has 0 rings (SSSR count). The van der Waals surface area contributed by atoms with E-state index in [9.17, 15) is 9.59 Å². The van der Waals surface area contributed by atoms with Gasteiger partial charge >= 0.3 is 12.1 Å². The zero-order valence-electron chi connectivity index (χ0n) is 8.49. The molecular formula is C8H15NO5. The first-order valence-electron chi connectivity index (χ1n) is 4.14. The fourth-order valence-corrected chi connectivity index (χ4v) is 0.540. The molecule has 0 atom stereocenters. The summed E-state index contributed by atoms with van der Waals surface area (Å²) in [4.78, 5) is 25.8. The number of rotatable bonds is 2. The minimum absolute atomic E-state index is 0.171. The topological polar surface area (TPSA) is 84.9 Å². The molecule has 0 aromatic rings. The van der Waals surface area contributed by atoms with E-state index in [1.54, 1.807) is 26.3 Å². The second-order valence-corrected chi connectivity index (χ2v) is 3.55. The Morgan fingerprint density at radius 3 is 2.36 bits per heavy atom. The van der Waals surface area contributed by atoms with Crippen LogP contribution in [0.5, 0.6) is 0 Å². The number of aliphatic hydroxyl groups excluding tert-OH is 1. The first-order chi connectivity index (χ1) is 6.35. The Morgan fingerprint density at radius 1 is 1.36 bits per heavy atom. The van der Waals surface area contributed by atoms with Crippen LogP contribution < -0.4 is 5.48 Å². The molecule has 0 aromatic carbocycles.